The number of aliphatic imine (C=N–C) groups is 1. The molecule has 1 aromatic heterocycles. The smallest absolute Gasteiger partial charge is 0.220 e. The minimum Gasteiger partial charge on any atom is -0.386 e. The molecule has 1 fully saturated rings. The number of piperidine rings is 1. The van der Waals surface area contributed by atoms with Gasteiger partial charge in [-0.15, -0.1) is 35.3 Å². The average Bonchev–Trinajstić information content (AvgIpc) is 3.05. The van der Waals surface area contributed by atoms with Crippen molar-refractivity contribution in [3.8, 4) is 0 Å². The molecule has 26 heavy (non-hydrogen) atoms. The van der Waals surface area contributed by atoms with Crippen molar-refractivity contribution in [3.05, 3.63) is 21.3 Å². The predicted molar refractivity (Wildman–Crippen MR) is 119 cm³/mol. The molecule has 0 spiro atoms. The normalized spacial score (nSPS) is 16.8. The lowest BCUT2D eigenvalue weighted by atomic mass is 9.93. The zero-order valence-electron chi connectivity index (χ0n) is 15.2. The van der Waals surface area contributed by atoms with Crippen molar-refractivity contribution in [2.75, 3.05) is 33.2 Å². The third-order valence-electron chi connectivity index (χ3n) is 4.34. The van der Waals surface area contributed by atoms with Crippen LogP contribution in [0.5, 0.6) is 0 Å². The Morgan fingerprint density at radius 2 is 2.15 bits per heavy atom. The fourth-order valence-corrected chi connectivity index (χ4v) is 3.95. The number of nitrogens with one attached hydrogen (secondary N) is 2. The number of halogens is 2. The number of carbonyl (C=O) groups excluding carboxylic acids is 1. The molecule has 148 valence electrons. The number of aliphatic hydroxyl groups excluding tert-OH is 1. The molecular formula is C17H28ClIN4O2S. The number of carbonyl (C=O) groups is 1. The van der Waals surface area contributed by atoms with E-state index in [1.165, 1.54) is 11.3 Å². The summed E-state index contributed by atoms with van der Waals surface area (Å²) in [6, 6.07) is 3.63. The van der Waals surface area contributed by atoms with Gasteiger partial charge in [-0.3, -0.25) is 9.79 Å². The van der Waals surface area contributed by atoms with Crippen LogP contribution in [0, 0.1) is 5.92 Å². The summed E-state index contributed by atoms with van der Waals surface area (Å²) in [4.78, 5) is 19.1. The summed E-state index contributed by atoms with van der Waals surface area (Å²) in [5.74, 6) is 1.36. The first-order valence-electron chi connectivity index (χ1n) is 8.70. The number of likely N-dealkylation sites (tertiary alicyclic amines) is 1. The molecule has 2 rings (SSSR count). The largest absolute Gasteiger partial charge is 0.386 e. The van der Waals surface area contributed by atoms with Gasteiger partial charge >= 0.3 is 0 Å². The lowest BCUT2D eigenvalue weighted by Crippen LogP contribution is -2.46. The maximum Gasteiger partial charge on any atom is 0.220 e. The minimum atomic E-state index is -0.642. The third-order valence-corrected chi connectivity index (χ3v) is 5.67. The van der Waals surface area contributed by atoms with Crippen LogP contribution in [-0.4, -0.2) is 55.1 Å². The summed E-state index contributed by atoms with van der Waals surface area (Å²) < 4.78 is 0.670. The Kier molecular flexibility index (Phi) is 10.8. The molecule has 0 aromatic carbocycles. The van der Waals surface area contributed by atoms with Gasteiger partial charge in [-0.25, -0.2) is 0 Å². The zero-order valence-corrected chi connectivity index (χ0v) is 19.1. The highest BCUT2D eigenvalue weighted by Crippen LogP contribution is 2.27. The first-order chi connectivity index (χ1) is 12.0. The van der Waals surface area contributed by atoms with Crippen molar-refractivity contribution in [3.63, 3.8) is 0 Å². The van der Waals surface area contributed by atoms with Gasteiger partial charge in [-0.2, -0.15) is 0 Å². The van der Waals surface area contributed by atoms with E-state index in [1.807, 2.05) is 13.0 Å². The second-order valence-corrected chi connectivity index (χ2v) is 7.91. The van der Waals surface area contributed by atoms with Crippen molar-refractivity contribution < 1.29 is 9.90 Å². The van der Waals surface area contributed by atoms with Gasteiger partial charge in [-0.1, -0.05) is 11.6 Å². The number of aliphatic hydroxyl groups is 1. The van der Waals surface area contributed by atoms with Gasteiger partial charge in [0.25, 0.3) is 0 Å². The molecule has 6 nitrogen and oxygen atoms in total. The molecular weight excluding hydrogens is 487 g/mol. The van der Waals surface area contributed by atoms with Gasteiger partial charge < -0.3 is 20.6 Å². The van der Waals surface area contributed by atoms with E-state index >= 15 is 0 Å². The number of guanidine groups is 1. The number of nitrogens with zero attached hydrogens (tertiary/aromatic N) is 2. The molecule has 1 aromatic rings. The zero-order chi connectivity index (χ0) is 18.2. The Bertz CT molecular complexity index is 591. The van der Waals surface area contributed by atoms with E-state index in [1.54, 1.807) is 13.1 Å². The van der Waals surface area contributed by atoms with E-state index in [-0.39, 0.29) is 29.9 Å². The Morgan fingerprint density at radius 1 is 1.46 bits per heavy atom. The van der Waals surface area contributed by atoms with E-state index in [9.17, 15) is 9.90 Å². The van der Waals surface area contributed by atoms with Crippen molar-refractivity contribution in [1.29, 1.82) is 0 Å². The van der Waals surface area contributed by atoms with Crippen molar-refractivity contribution in [2.45, 2.75) is 32.3 Å². The molecule has 0 saturated carbocycles. The Hall–Kier alpha value is -0.580. The van der Waals surface area contributed by atoms with Crippen molar-refractivity contribution in [2.24, 2.45) is 10.9 Å². The first-order valence-corrected chi connectivity index (χ1v) is 9.90. The number of hydrogen-bond acceptors (Lipinski definition) is 4. The van der Waals surface area contributed by atoms with Crippen LogP contribution in [0.1, 0.15) is 37.2 Å². The highest BCUT2D eigenvalue weighted by molar-refractivity contribution is 14.0. The second kappa shape index (κ2) is 12.0. The molecule has 1 aliphatic heterocycles. The number of thiophene rings is 1. The van der Waals surface area contributed by atoms with E-state index in [2.05, 4.69) is 20.5 Å². The van der Waals surface area contributed by atoms with Gasteiger partial charge in [0.15, 0.2) is 5.96 Å². The molecule has 1 amide bonds. The molecule has 0 bridgehead atoms. The lowest BCUT2D eigenvalue weighted by Gasteiger charge is -2.34. The quantitative estimate of drug-likeness (QED) is 0.310. The fourth-order valence-electron chi connectivity index (χ4n) is 2.91. The highest BCUT2D eigenvalue weighted by atomic mass is 127. The van der Waals surface area contributed by atoms with E-state index in [4.69, 9.17) is 11.6 Å². The summed E-state index contributed by atoms with van der Waals surface area (Å²) in [5, 5.41) is 16.3. The van der Waals surface area contributed by atoms with Crippen LogP contribution in [0.3, 0.4) is 0 Å². The summed E-state index contributed by atoms with van der Waals surface area (Å²) in [7, 11) is 1.68. The SMILES string of the molecule is CCNC(=NCC(O)c1ccc(Cl)s1)N1CCC(CC(=O)NC)CC1.I. The van der Waals surface area contributed by atoms with Gasteiger partial charge in [0.2, 0.25) is 5.91 Å². The fraction of sp³-hybridized carbons (Fsp3) is 0.647. The first kappa shape index (κ1) is 23.5. The maximum atomic E-state index is 11.5. The van der Waals surface area contributed by atoms with Crippen LogP contribution >= 0.6 is 46.9 Å². The van der Waals surface area contributed by atoms with Gasteiger partial charge in [-0.05, 0) is 37.8 Å². The Morgan fingerprint density at radius 3 is 2.69 bits per heavy atom. The molecule has 0 radical (unpaired) electrons. The van der Waals surface area contributed by atoms with Crippen molar-refractivity contribution >= 4 is 58.8 Å². The van der Waals surface area contributed by atoms with Crippen molar-refractivity contribution in [1.82, 2.24) is 15.5 Å². The monoisotopic (exact) mass is 514 g/mol. The number of amides is 1. The van der Waals surface area contributed by atoms with E-state index in [0.29, 0.717) is 23.2 Å². The van der Waals surface area contributed by atoms with E-state index in [0.717, 1.165) is 43.3 Å². The molecule has 3 N–H and O–H groups in total. The van der Waals surface area contributed by atoms with Gasteiger partial charge in [0.05, 0.1) is 10.9 Å². The summed E-state index contributed by atoms with van der Waals surface area (Å²) in [5.41, 5.74) is 0. The maximum absolute atomic E-state index is 11.5. The molecule has 1 unspecified atom stereocenters. The molecule has 9 heteroatoms. The molecule has 2 heterocycles. The molecule has 1 aliphatic rings. The minimum absolute atomic E-state index is 0. The second-order valence-electron chi connectivity index (χ2n) is 6.16. The van der Waals surface area contributed by atoms with Gasteiger partial charge in [0, 0.05) is 38.0 Å². The molecule has 1 saturated heterocycles. The summed E-state index contributed by atoms with van der Waals surface area (Å²) in [6.07, 6.45) is 1.90. The van der Waals surface area contributed by atoms with Crippen LogP contribution in [0.4, 0.5) is 0 Å². The topological polar surface area (TPSA) is 77.0 Å². The average molecular weight is 515 g/mol. The lowest BCUT2D eigenvalue weighted by molar-refractivity contribution is -0.121. The standard InChI is InChI=1S/C17H27ClN4O2S.HI/c1-3-20-17(21-11-13(23)14-4-5-15(18)25-14)22-8-6-12(7-9-22)10-16(24)19-2;/h4-5,12-13,23H,3,6-11H2,1-2H3,(H,19,24)(H,20,21);1H. The van der Waals surface area contributed by atoms with Crippen LogP contribution in [0.2, 0.25) is 4.34 Å². The predicted octanol–water partition coefficient (Wildman–Crippen LogP) is 2.87. The van der Waals surface area contributed by atoms with Gasteiger partial charge in [0.1, 0.15) is 6.10 Å². The van der Waals surface area contributed by atoms with Crippen LogP contribution in [0.15, 0.2) is 17.1 Å². The van der Waals surface area contributed by atoms with E-state index < -0.39 is 6.10 Å². The summed E-state index contributed by atoms with van der Waals surface area (Å²) in [6.45, 7) is 4.85. The third kappa shape index (κ3) is 7.21. The van der Waals surface area contributed by atoms with Crippen LogP contribution in [0.25, 0.3) is 0 Å². The Balaban J connectivity index is 0.00000338. The van der Waals surface area contributed by atoms with Crippen LogP contribution < -0.4 is 10.6 Å². The number of rotatable bonds is 6. The summed E-state index contributed by atoms with van der Waals surface area (Å²) >= 11 is 7.30. The molecule has 0 aliphatic carbocycles. The molecule has 1 atom stereocenters. The number of hydrogen-bond donors (Lipinski definition) is 3. The Labute approximate surface area is 181 Å². The van der Waals surface area contributed by atoms with Crippen LogP contribution in [-0.2, 0) is 4.79 Å². The highest BCUT2D eigenvalue weighted by Gasteiger charge is 2.23.